The first-order valence-electron chi connectivity index (χ1n) is 7.83. The number of rotatable bonds is 5. The Bertz CT molecular complexity index is 280. The normalized spacial score (nSPS) is 41.7. The quantitative estimate of drug-likeness (QED) is 0.810. The third-order valence-electron chi connectivity index (χ3n) is 4.76. The predicted molar refractivity (Wildman–Crippen MR) is 73.7 cm³/mol. The van der Waals surface area contributed by atoms with E-state index in [1.165, 1.54) is 38.6 Å². The second kappa shape index (κ2) is 5.48. The van der Waals surface area contributed by atoms with Crippen molar-refractivity contribution in [2.24, 2.45) is 5.92 Å². The molecule has 1 N–H and O–H groups in total. The van der Waals surface area contributed by atoms with Crippen LogP contribution in [0.3, 0.4) is 0 Å². The Balaban J connectivity index is 1.38. The molecule has 0 amide bonds. The largest absolute Gasteiger partial charge is 0.372 e. The zero-order chi connectivity index (χ0) is 12.5. The molecule has 3 fully saturated rings. The van der Waals surface area contributed by atoms with Gasteiger partial charge in [0.25, 0.3) is 0 Å². The first-order chi connectivity index (χ1) is 8.70. The number of nitrogens with zero attached hydrogens (tertiary/aromatic N) is 1. The van der Waals surface area contributed by atoms with Crippen molar-refractivity contribution in [3.63, 3.8) is 0 Å². The lowest BCUT2D eigenvalue weighted by Crippen LogP contribution is -2.36. The molecular weight excluding hydrogens is 224 g/mol. The van der Waals surface area contributed by atoms with Gasteiger partial charge in [-0.05, 0) is 44.9 Å². The molecule has 18 heavy (non-hydrogen) atoms. The highest BCUT2D eigenvalue weighted by Crippen LogP contribution is 2.27. The minimum atomic E-state index is 0.478. The van der Waals surface area contributed by atoms with E-state index < -0.39 is 0 Å². The molecule has 2 aliphatic heterocycles. The highest BCUT2D eigenvalue weighted by atomic mass is 16.5. The highest BCUT2D eigenvalue weighted by molar-refractivity contribution is 4.87. The molecule has 3 nitrogen and oxygen atoms in total. The van der Waals surface area contributed by atoms with E-state index in [9.17, 15) is 0 Å². The molecule has 3 aliphatic rings. The Morgan fingerprint density at radius 3 is 2.56 bits per heavy atom. The number of ether oxygens (including phenoxy) is 1. The van der Waals surface area contributed by atoms with E-state index in [2.05, 4.69) is 24.1 Å². The maximum Gasteiger partial charge on any atom is 0.0707 e. The Morgan fingerprint density at radius 1 is 1.11 bits per heavy atom. The lowest BCUT2D eigenvalue weighted by atomic mass is 10.1. The van der Waals surface area contributed by atoms with Crippen LogP contribution in [0.4, 0.5) is 0 Å². The second-order valence-corrected chi connectivity index (χ2v) is 6.78. The number of hydrogen-bond donors (Lipinski definition) is 1. The van der Waals surface area contributed by atoms with Crippen LogP contribution in [-0.4, -0.2) is 48.8 Å². The predicted octanol–water partition coefficient (Wildman–Crippen LogP) is 2.02. The average Bonchev–Trinajstić information content (AvgIpc) is 2.97. The van der Waals surface area contributed by atoms with Gasteiger partial charge in [0, 0.05) is 31.7 Å². The summed E-state index contributed by atoms with van der Waals surface area (Å²) in [5, 5.41) is 3.59. The maximum atomic E-state index is 6.18. The van der Waals surface area contributed by atoms with E-state index in [4.69, 9.17) is 4.74 Å². The van der Waals surface area contributed by atoms with Crippen molar-refractivity contribution in [3.05, 3.63) is 0 Å². The Labute approximate surface area is 111 Å². The zero-order valence-corrected chi connectivity index (χ0v) is 11.9. The fourth-order valence-corrected chi connectivity index (χ4v) is 3.55. The summed E-state index contributed by atoms with van der Waals surface area (Å²) >= 11 is 0. The van der Waals surface area contributed by atoms with Crippen molar-refractivity contribution in [1.82, 2.24) is 10.2 Å². The van der Waals surface area contributed by atoms with Gasteiger partial charge in [0.1, 0.15) is 0 Å². The van der Waals surface area contributed by atoms with Crippen LogP contribution in [-0.2, 0) is 4.74 Å². The zero-order valence-electron chi connectivity index (χ0n) is 11.9. The van der Waals surface area contributed by atoms with Crippen molar-refractivity contribution in [2.45, 2.75) is 70.2 Å². The summed E-state index contributed by atoms with van der Waals surface area (Å²) in [6, 6.07) is 1.57. The van der Waals surface area contributed by atoms with E-state index in [-0.39, 0.29) is 0 Å². The average molecular weight is 252 g/mol. The summed E-state index contributed by atoms with van der Waals surface area (Å²) in [7, 11) is 0. The summed E-state index contributed by atoms with van der Waals surface area (Å²) in [5.41, 5.74) is 0. The SMILES string of the molecule is CC1CC(C)N(CC2CCC(CNC3CC3)O2)C1. The van der Waals surface area contributed by atoms with E-state index in [0.717, 1.165) is 31.1 Å². The molecule has 4 unspecified atom stereocenters. The molecule has 104 valence electrons. The van der Waals surface area contributed by atoms with Crippen LogP contribution in [0.5, 0.6) is 0 Å². The van der Waals surface area contributed by atoms with Gasteiger partial charge in [-0.2, -0.15) is 0 Å². The van der Waals surface area contributed by atoms with Gasteiger partial charge < -0.3 is 10.1 Å². The fourth-order valence-electron chi connectivity index (χ4n) is 3.55. The molecule has 0 bridgehead atoms. The van der Waals surface area contributed by atoms with Gasteiger partial charge in [0.05, 0.1) is 12.2 Å². The molecule has 0 aromatic rings. The van der Waals surface area contributed by atoms with Gasteiger partial charge in [0.2, 0.25) is 0 Å². The summed E-state index contributed by atoms with van der Waals surface area (Å²) in [4.78, 5) is 2.63. The molecule has 2 heterocycles. The van der Waals surface area contributed by atoms with Crippen LogP contribution in [0.2, 0.25) is 0 Å². The van der Waals surface area contributed by atoms with Crippen LogP contribution in [0.15, 0.2) is 0 Å². The van der Waals surface area contributed by atoms with Crippen LogP contribution in [0.25, 0.3) is 0 Å². The molecule has 0 aromatic heterocycles. The topological polar surface area (TPSA) is 24.5 Å². The number of hydrogen-bond acceptors (Lipinski definition) is 3. The molecule has 2 saturated heterocycles. The van der Waals surface area contributed by atoms with Gasteiger partial charge in [-0.1, -0.05) is 6.92 Å². The van der Waals surface area contributed by atoms with Gasteiger partial charge >= 0.3 is 0 Å². The lowest BCUT2D eigenvalue weighted by molar-refractivity contribution is 0.0216. The van der Waals surface area contributed by atoms with Gasteiger partial charge in [-0.3, -0.25) is 4.90 Å². The van der Waals surface area contributed by atoms with Crippen LogP contribution in [0, 0.1) is 5.92 Å². The molecule has 0 spiro atoms. The van der Waals surface area contributed by atoms with Crippen molar-refractivity contribution in [1.29, 1.82) is 0 Å². The highest BCUT2D eigenvalue weighted by Gasteiger charge is 2.32. The second-order valence-electron chi connectivity index (χ2n) is 6.78. The van der Waals surface area contributed by atoms with Crippen molar-refractivity contribution in [3.8, 4) is 0 Å². The Hall–Kier alpha value is -0.120. The third kappa shape index (κ3) is 3.25. The summed E-state index contributed by atoms with van der Waals surface area (Å²) in [6.45, 7) is 8.24. The molecule has 4 atom stereocenters. The third-order valence-corrected chi connectivity index (χ3v) is 4.76. The molecule has 0 aromatic carbocycles. The standard InChI is InChI=1S/C15H28N2O/c1-11-7-12(2)17(9-11)10-15-6-5-14(18-15)8-16-13-3-4-13/h11-16H,3-10H2,1-2H3. The molecule has 3 rings (SSSR count). The van der Waals surface area contributed by atoms with E-state index in [1.807, 2.05) is 0 Å². The molecule has 1 aliphatic carbocycles. The van der Waals surface area contributed by atoms with Gasteiger partial charge in [0.15, 0.2) is 0 Å². The molecule has 3 heteroatoms. The van der Waals surface area contributed by atoms with Crippen LogP contribution in [0.1, 0.15) is 46.0 Å². The monoisotopic (exact) mass is 252 g/mol. The van der Waals surface area contributed by atoms with E-state index in [0.29, 0.717) is 12.2 Å². The van der Waals surface area contributed by atoms with Crippen molar-refractivity contribution in [2.75, 3.05) is 19.6 Å². The summed E-state index contributed by atoms with van der Waals surface area (Å²) in [5.74, 6) is 0.869. The Kier molecular flexibility index (Phi) is 3.92. The summed E-state index contributed by atoms with van der Waals surface area (Å²) in [6.07, 6.45) is 7.59. The number of nitrogens with one attached hydrogen (secondary N) is 1. The lowest BCUT2D eigenvalue weighted by Gasteiger charge is -2.25. The van der Waals surface area contributed by atoms with Crippen LogP contribution >= 0.6 is 0 Å². The van der Waals surface area contributed by atoms with Crippen LogP contribution < -0.4 is 5.32 Å². The first kappa shape index (κ1) is 12.9. The number of likely N-dealkylation sites (tertiary alicyclic amines) is 1. The van der Waals surface area contributed by atoms with Crippen molar-refractivity contribution < 1.29 is 4.74 Å². The summed E-state index contributed by atoms with van der Waals surface area (Å²) < 4.78 is 6.18. The Morgan fingerprint density at radius 2 is 1.89 bits per heavy atom. The van der Waals surface area contributed by atoms with Gasteiger partial charge in [-0.25, -0.2) is 0 Å². The maximum absolute atomic E-state index is 6.18. The van der Waals surface area contributed by atoms with Crippen molar-refractivity contribution >= 4 is 0 Å². The fraction of sp³-hybridized carbons (Fsp3) is 1.00. The molecular formula is C15H28N2O. The molecule has 1 saturated carbocycles. The van der Waals surface area contributed by atoms with Gasteiger partial charge in [-0.15, -0.1) is 0 Å². The minimum Gasteiger partial charge on any atom is -0.372 e. The van der Waals surface area contributed by atoms with E-state index >= 15 is 0 Å². The van der Waals surface area contributed by atoms with E-state index in [1.54, 1.807) is 0 Å². The smallest absolute Gasteiger partial charge is 0.0707 e. The molecule has 0 radical (unpaired) electrons. The first-order valence-corrected chi connectivity index (χ1v) is 7.83. The minimum absolute atomic E-state index is 0.478.